The Morgan fingerprint density at radius 1 is 1.12 bits per heavy atom. The summed E-state index contributed by atoms with van der Waals surface area (Å²) in [6, 6.07) is 13.3. The number of nitrogens with zero attached hydrogens (tertiary/aromatic N) is 1. The fourth-order valence-corrected chi connectivity index (χ4v) is 4.11. The highest BCUT2D eigenvalue weighted by atomic mass is 79.9. The normalized spacial score (nSPS) is 12.4. The van der Waals surface area contributed by atoms with Gasteiger partial charge in [-0.25, -0.2) is 0 Å². The number of aryl methyl sites for hydroxylation is 1. The predicted octanol–water partition coefficient (Wildman–Crippen LogP) is 5.77. The van der Waals surface area contributed by atoms with Crippen molar-refractivity contribution in [2.75, 3.05) is 6.61 Å². The Balaban J connectivity index is 2.24. The minimum Gasteiger partial charge on any atom is -0.483 e. The molecule has 0 aliphatic heterocycles. The molecule has 2 amide bonds. The number of amides is 2. The third-order valence-electron chi connectivity index (χ3n) is 5.40. The van der Waals surface area contributed by atoms with E-state index in [0.717, 1.165) is 15.6 Å². The van der Waals surface area contributed by atoms with Crippen molar-refractivity contribution in [2.24, 2.45) is 0 Å². The predicted molar refractivity (Wildman–Crippen MR) is 137 cm³/mol. The van der Waals surface area contributed by atoms with Gasteiger partial charge in [-0.05, 0) is 71.8 Å². The summed E-state index contributed by atoms with van der Waals surface area (Å²) < 4.78 is 6.70. The molecule has 1 N–H and O–H groups in total. The largest absolute Gasteiger partial charge is 0.483 e. The van der Waals surface area contributed by atoms with Crippen LogP contribution in [0.2, 0.25) is 0 Å². The zero-order valence-electron chi connectivity index (χ0n) is 20.9. The maximum atomic E-state index is 13.3. The van der Waals surface area contributed by atoms with Gasteiger partial charge in [0.05, 0.1) is 4.47 Å². The van der Waals surface area contributed by atoms with Crippen LogP contribution < -0.4 is 10.1 Å². The Labute approximate surface area is 207 Å². The van der Waals surface area contributed by atoms with Crippen LogP contribution in [0, 0.1) is 6.92 Å². The second kappa shape index (κ2) is 11.7. The molecule has 0 spiro atoms. The van der Waals surface area contributed by atoms with E-state index < -0.39 is 6.04 Å². The second-order valence-corrected chi connectivity index (χ2v) is 10.6. The van der Waals surface area contributed by atoms with Gasteiger partial charge in [0.2, 0.25) is 5.91 Å². The Bertz CT molecular complexity index is 966. The first-order chi connectivity index (χ1) is 15.4. The van der Waals surface area contributed by atoms with Crippen LogP contribution in [0.25, 0.3) is 0 Å². The smallest absolute Gasteiger partial charge is 0.261 e. The maximum Gasteiger partial charge on any atom is 0.261 e. The van der Waals surface area contributed by atoms with Crippen molar-refractivity contribution in [1.29, 1.82) is 0 Å². The van der Waals surface area contributed by atoms with Crippen molar-refractivity contribution < 1.29 is 14.3 Å². The minimum absolute atomic E-state index is 0.00370. The first-order valence-corrected chi connectivity index (χ1v) is 12.3. The monoisotopic (exact) mass is 516 g/mol. The molecule has 2 rings (SSSR count). The first-order valence-electron chi connectivity index (χ1n) is 11.5. The van der Waals surface area contributed by atoms with E-state index in [2.05, 4.69) is 42.0 Å². The number of ether oxygens (including phenoxy) is 1. The molecule has 0 unspecified atom stereocenters. The van der Waals surface area contributed by atoms with Gasteiger partial charge in [-0.15, -0.1) is 0 Å². The number of carbonyl (C=O) groups excluding carboxylic acids is 2. The van der Waals surface area contributed by atoms with Gasteiger partial charge in [-0.3, -0.25) is 9.59 Å². The molecule has 0 aliphatic carbocycles. The molecule has 0 bridgehead atoms. The molecule has 0 saturated carbocycles. The van der Waals surface area contributed by atoms with Crippen LogP contribution in [-0.2, 0) is 21.5 Å². The Hall–Kier alpha value is -2.34. The molecule has 0 saturated heterocycles. The summed E-state index contributed by atoms with van der Waals surface area (Å²) in [5.41, 5.74) is 3.28. The lowest BCUT2D eigenvalue weighted by molar-refractivity contribution is -0.143. The molecule has 0 aliphatic rings. The van der Waals surface area contributed by atoms with Gasteiger partial charge < -0.3 is 15.0 Å². The van der Waals surface area contributed by atoms with Gasteiger partial charge in [-0.1, -0.05) is 63.6 Å². The average Bonchev–Trinajstić information content (AvgIpc) is 2.71. The summed E-state index contributed by atoms with van der Waals surface area (Å²) in [5, 5.41) is 2.95. The third-order valence-corrected chi connectivity index (χ3v) is 6.02. The van der Waals surface area contributed by atoms with Gasteiger partial charge in [0.25, 0.3) is 5.91 Å². The van der Waals surface area contributed by atoms with E-state index in [1.54, 1.807) is 4.90 Å². The molecule has 6 heteroatoms. The third kappa shape index (κ3) is 7.88. The van der Waals surface area contributed by atoms with Crippen molar-refractivity contribution in [1.82, 2.24) is 10.2 Å². The lowest BCUT2D eigenvalue weighted by atomic mass is 9.87. The summed E-state index contributed by atoms with van der Waals surface area (Å²) in [6.07, 6.45) is 0.514. The molecule has 0 aromatic heterocycles. The molecule has 5 nitrogen and oxygen atoms in total. The topological polar surface area (TPSA) is 58.6 Å². The highest BCUT2D eigenvalue weighted by molar-refractivity contribution is 9.10. The standard InChI is InChI=1S/C27H37BrN2O3/c1-8-23(26(32)29-18(2)3)30(16-20-11-9-10-19(4)14-20)25(31)17-33-24-13-12-21(15-22(24)28)27(5,6)7/h9-15,18,23H,8,16-17H2,1-7H3,(H,29,32)/t23-/m0/s1. The number of hydrogen-bond donors (Lipinski definition) is 1. The molecule has 180 valence electrons. The summed E-state index contributed by atoms with van der Waals surface area (Å²) in [4.78, 5) is 27.9. The zero-order chi connectivity index (χ0) is 24.8. The summed E-state index contributed by atoms with van der Waals surface area (Å²) in [6.45, 7) is 14.4. The summed E-state index contributed by atoms with van der Waals surface area (Å²) in [7, 11) is 0. The number of benzene rings is 2. The first kappa shape index (κ1) is 26.9. The second-order valence-electron chi connectivity index (χ2n) is 9.78. The molecular weight excluding hydrogens is 480 g/mol. The molecule has 2 aromatic rings. The summed E-state index contributed by atoms with van der Waals surface area (Å²) >= 11 is 3.57. The minimum atomic E-state index is -0.573. The molecule has 2 aromatic carbocycles. The van der Waals surface area contributed by atoms with Crippen LogP contribution in [0.3, 0.4) is 0 Å². The zero-order valence-corrected chi connectivity index (χ0v) is 22.5. The number of nitrogens with one attached hydrogen (secondary N) is 1. The van der Waals surface area contributed by atoms with E-state index in [0.29, 0.717) is 18.7 Å². The van der Waals surface area contributed by atoms with Crippen molar-refractivity contribution in [3.05, 3.63) is 63.6 Å². The number of hydrogen-bond acceptors (Lipinski definition) is 3. The molecule has 0 heterocycles. The number of halogens is 1. The van der Waals surface area contributed by atoms with Crippen LogP contribution in [0.5, 0.6) is 5.75 Å². The molecule has 1 atom stereocenters. The average molecular weight is 518 g/mol. The van der Waals surface area contributed by atoms with Gasteiger partial charge in [0, 0.05) is 12.6 Å². The molecular formula is C27H37BrN2O3. The van der Waals surface area contributed by atoms with Crippen LogP contribution in [0.15, 0.2) is 46.9 Å². The summed E-state index contributed by atoms with van der Waals surface area (Å²) in [5.74, 6) is 0.227. The molecule has 33 heavy (non-hydrogen) atoms. The van der Waals surface area contributed by atoms with Crippen LogP contribution in [-0.4, -0.2) is 35.4 Å². The maximum absolute atomic E-state index is 13.3. The number of carbonyl (C=O) groups is 2. The van der Waals surface area contributed by atoms with E-state index in [4.69, 9.17) is 4.74 Å². The Morgan fingerprint density at radius 3 is 2.36 bits per heavy atom. The molecule has 0 fully saturated rings. The quantitative estimate of drug-likeness (QED) is 0.460. The van der Waals surface area contributed by atoms with Crippen LogP contribution in [0.4, 0.5) is 0 Å². The lowest BCUT2D eigenvalue weighted by Gasteiger charge is -2.31. The highest BCUT2D eigenvalue weighted by Crippen LogP contribution is 2.31. The van der Waals surface area contributed by atoms with Crippen LogP contribution >= 0.6 is 15.9 Å². The van der Waals surface area contributed by atoms with Gasteiger partial charge >= 0.3 is 0 Å². The van der Waals surface area contributed by atoms with Crippen molar-refractivity contribution in [2.45, 2.75) is 78.9 Å². The number of rotatable bonds is 9. The Kier molecular flexibility index (Phi) is 9.53. The highest BCUT2D eigenvalue weighted by Gasteiger charge is 2.29. The van der Waals surface area contributed by atoms with E-state index in [1.807, 2.05) is 70.2 Å². The van der Waals surface area contributed by atoms with Gasteiger partial charge in [0.1, 0.15) is 11.8 Å². The fraction of sp³-hybridized carbons (Fsp3) is 0.481. The van der Waals surface area contributed by atoms with Gasteiger partial charge in [0.15, 0.2) is 6.61 Å². The molecule has 0 radical (unpaired) electrons. The van der Waals surface area contributed by atoms with E-state index in [1.165, 1.54) is 5.56 Å². The fourth-order valence-electron chi connectivity index (χ4n) is 3.61. The SMILES string of the molecule is CC[C@@H](C(=O)NC(C)C)N(Cc1cccc(C)c1)C(=O)COc1ccc(C(C)(C)C)cc1Br. The van der Waals surface area contributed by atoms with Gasteiger partial charge in [-0.2, -0.15) is 0 Å². The van der Waals surface area contributed by atoms with E-state index >= 15 is 0 Å². The van der Waals surface area contributed by atoms with E-state index in [-0.39, 0.29) is 29.9 Å². The Morgan fingerprint density at radius 2 is 1.82 bits per heavy atom. The lowest BCUT2D eigenvalue weighted by Crippen LogP contribution is -2.51. The van der Waals surface area contributed by atoms with Crippen LogP contribution in [0.1, 0.15) is 64.7 Å². The van der Waals surface area contributed by atoms with Crippen molar-refractivity contribution in [3.8, 4) is 5.75 Å². The van der Waals surface area contributed by atoms with E-state index in [9.17, 15) is 9.59 Å². The van der Waals surface area contributed by atoms with Crippen molar-refractivity contribution >= 4 is 27.7 Å². The van der Waals surface area contributed by atoms with Crippen molar-refractivity contribution in [3.63, 3.8) is 0 Å².